The van der Waals surface area contributed by atoms with E-state index in [4.69, 9.17) is 4.42 Å². The summed E-state index contributed by atoms with van der Waals surface area (Å²) in [5, 5.41) is 3.41. The van der Waals surface area contributed by atoms with E-state index >= 15 is 0 Å². The molecule has 1 heterocycles. The molecule has 19 heavy (non-hydrogen) atoms. The fraction of sp³-hybridized carbons (Fsp3) is 0.375. The normalized spacial score (nSPS) is 12.6. The van der Waals surface area contributed by atoms with Gasteiger partial charge in [-0.1, -0.05) is 13.0 Å². The number of benzene rings is 1. The first-order valence-electron chi connectivity index (χ1n) is 6.72. The summed E-state index contributed by atoms with van der Waals surface area (Å²) < 4.78 is 18.8. The van der Waals surface area contributed by atoms with Crippen molar-refractivity contribution in [3.8, 4) is 0 Å². The summed E-state index contributed by atoms with van der Waals surface area (Å²) in [7, 11) is 0. The molecule has 1 atom stereocenters. The van der Waals surface area contributed by atoms with Crippen molar-refractivity contribution >= 4 is 0 Å². The van der Waals surface area contributed by atoms with Gasteiger partial charge in [0.05, 0.1) is 6.26 Å². The first-order chi connectivity index (χ1) is 9.19. The SMILES string of the molecule is CCNC(CCc1ccco1)c1cc(C)cc(F)c1. The lowest BCUT2D eigenvalue weighted by molar-refractivity contribution is 0.457. The van der Waals surface area contributed by atoms with Crippen LogP contribution < -0.4 is 5.32 Å². The van der Waals surface area contributed by atoms with E-state index < -0.39 is 0 Å². The standard InChI is InChI=1S/C16H20FNO/c1-3-18-16(7-6-15-5-4-8-19-15)13-9-12(2)10-14(17)11-13/h4-5,8-11,16,18H,3,6-7H2,1-2H3. The molecule has 0 aliphatic rings. The van der Waals surface area contributed by atoms with E-state index in [2.05, 4.69) is 12.2 Å². The molecule has 0 aliphatic carbocycles. The molecule has 0 bridgehead atoms. The predicted molar refractivity (Wildman–Crippen MR) is 74.6 cm³/mol. The summed E-state index contributed by atoms with van der Waals surface area (Å²) in [5.74, 6) is 0.798. The van der Waals surface area contributed by atoms with Gasteiger partial charge in [-0.3, -0.25) is 0 Å². The Bertz CT molecular complexity index is 487. The number of aryl methyl sites for hydroxylation is 2. The highest BCUT2D eigenvalue weighted by atomic mass is 19.1. The highest BCUT2D eigenvalue weighted by Gasteiger charge is 2.12. The molecule has 0 fully saturated rings. The second-order valence-corrected chi connectivity index (χ2v) is 4.79. The van der Waals surface area contributed by atoms with Crippen molar-refractivity contribution in [3.63, 3.8) is 0 Å². The highest BCUT2D eigenvalue weighted by Crippen LogP contribution is 2.21. The summed E-state index contributed by atoms with van der Waals surface area (Å²) in [6, 6.07) is 9.23. The lowest BCUT2D eigenvalue weighted by atomic mass is 9.99. The van der Waals surface area contributed by atoms with Gasteiger partial charge in [0.25, 0.3) is 0 Å². The van der Waals surface area contributed by atoms with Crippen LogP contribution in [0.25, 0.3) is 0 Å². The van der Waals surface area contributed by atoms with Crippen molar-refractivity contribution in [3.05, 3.63) is 59.3 Å². The number of nitrogens with one attached hydrogen (secondary N) is 1. The van der Waals surface area contributed by atoms with Crippen molar-refractivity contribution in [1.29, 1.82) is 0 Å². The second kappa shape index (κ2) is 6.53. The molecule has 2 nitrogen and oxygen atoms in total. The molecule has 0 amide bonds. The van der Waals surface area contributed by atoms with Gasteiger partial charge in [-0.25, -0.2) is 4.39 Å². The van der Waals surface area contributed by atoms with Crippen LogP contribution in [0.3, 0.4) is 0 Å². The molecule has 2 aromatic rings. The molecule has 0 aliphatic heterocycles. The molecule has 0 saturated heterocycles. The van der Waals surface area contributed by atoms with Crippen LogP contribution in [0, 0.1) is 12.7 Å². The van der Waals surface area contributed by atoms with Crippen LogP contribution in [0.1, 0.15) is 36.3 Å². The van der Waals surface area contributed by atoms with E-state index in [0.717, 1.165) is 36.3 Å². The summed E-state index contributed by atoms with van der Waals surface area (Å²) in [6.07, 6.45) is 3.42. The number of halogens is 1. The van der Waals surface area contributed by atoms with Crippen LogP contribution in [0.4, 0.5) is 4.39 Å². The quantitative estimate of drug-likeness (QED) is 0.850. The Hall–Kier alpha value is -1.61. The number of hydrogen-bond donors (Lipinski definition) is 1. The monoisotopic (exact) mass is 261 g/mol. The third-order valence-electron chi connectivity index (χ3n) is 3.18. The van der Waals surface area contributed by atoms with Gasteiger partial charge in [-0.05, 0) is 55.3 Å². The Morgan fingerprint density at radius 1 is 1.32 bits per heavy atom. The van der Waals surface area contributed by atoms with Crippen LogP contribution in [0.15, 0.2) is 41.0 Å². The van der Waals surface area contributed by atoms with Crippen molar-refractivity contribution in [2.24, 2.45) is 0 Å². The van der Waals surface area contributed by atoms with Crippen molar-refractivity contribution in [2.45, 2.75) is 32.7 Å². The zero-order valence-corrected chi connectivity index (χ0v) is 11.4. The van der Waals surface area contributed by atoms with Crippen LogP contribution in [0.5, 0.6) is 0 Å². The molecule has 1 aromatic heterocycles. The minimum atomic E-state index is -0.170. The topological polar surface area (TPSA) is 25.2 Å². The Morgan fingerprint density at radius 2 is 2.16 bits per heavy atom. The minimum Gasteiger partial charge on any atom is -0.469 e. The number of rotatable bonds is 6. The highest BCUT2D eigenvalue weighted by molar-refractivity contribution is 5.26. The van der Waals surface area contributed by atoms with Gasteiger partial charge in [0.1, 0.15) is 11.6 Å². The van der Waals surface area contributed by atoms with Crippen LogP contribution in [-0.4, -0.2) is 6.54 Å². The number of furan rings is 1. The summed E-state index contributed by atoms with van der Waals surface area (Å²) >= 11 is 0. The molecule has 102 valence electrons. The third-order valence-corrected chi connectivity index (χ3v) is 3.18. The first-order valence-corrected chi connectivity index (χ1v) is 6.72. The van der Waals surface area contributed by atoms with E-state index in [-0.39, 0.29) is 11.9 Å². The molecule has 1 unspecified atom stereocenters. The molecule has 2 rings (SSSR count). The Kier molecular flexibility index (Phi) is 4.74. The van der Waals surface area contributed by atoms with Gasteiger partial charge in [0.2, 0.25) is 0 Å². The predicted octanol–water partition coefficient (Wildman–Crippen LogP) is 4.01. The van der Waals surface area contributed by atoms with Crippen molar-refractivity contribution in [1.82, 2.24) is 5.32 Å². The van der Waals surface area contributed by atoms with Gasteiger partial charge in [-0.2, -0.15) is 0 Å². The van der Waals surface area contributed by atoms with Gasteiger partial charge in [-0.15, -0.1) is 0 Å². The molecule has 0 spiro atoms. The van der Waals surface area contributed by atoms with E-state index in [1.165, 1.54) is 0 Å². The average molecular weight is 261 g/mol. The molecular formula is C16H20FNO. The molecule has 0 saturated carbocycles. The van der Waals surface area contributed by atoms with E-state index in [0.29, 0.717) is 0 Å². The maximum atomic E-state index is 13.5. The molecular weight excluding hydrogens is 241 g/mol. The Balaban J connectivity index is 2.09. The molecule has 1 aromatic carbocycles. The fourth-order valence-electron chi connectivity index (χ4n) is 2.34. The van der Waals surface area contributed by atoms with Crippen LogP contribution in [0.2, 0.25) is 0 Å². The van der Waals surface area contributed by atoms with Gasteiger partial charge in [0, 0.05) is 12.5 Å². The minimum absolute atomic E-state index is 0.157. The largest absolute Gasteiger partial charge is 0.469 e. The van der Waals surface area contributed by atoms with E-state index in [1.54, 1.807) is 18.4 Å². The van der Waals surface area contributed by atoms with Gasteiger partial charge in [0.15, 0.2) is 0 Å². The maximum absolute atomic E-state index is 13.5. The number of hydrogen-bond acceptors (Lipinski definition) is 2. The molecule has 0 radical (unpaired) electrons. The Morgan fingerprint density at radius 3 is 2.79 bits per heavy atom. The third kappa shape index (κ3) is 3.93. The summed E-state index contributed by atoms with van der Waals surface area (Å²) in [6.45, 7) is 4.84. The van der Waals surface area contributed by atoms with Gasteiger partial charge >= 0.3 is 0 Å². The van der Waals surface area contributed by atoms with Crippen molar-refractivity contribution < 1.29 is 8.81 Å². The van der Waals surface area contributed by atoms with Gasteiger partial charge < -0.3 is 9.73 Å². The maximum Gasteiger partial charge on any atom is 0.123 e. The zero-order chi connectivity index (χ0) is 13.7. The average Bonchev–Trinajstić information content (AvgIpc) is 2.86. The van der Waals surface area contributed by atoms with Crippen molar-refractivity contribution in [2.75, 3.05) is 6.54 Å². The van der Waals surface area contributed by atoms with Crippen LogP contribution >= 0.6 is 0 Å². The smallest absolute Gasteiger partial charge is 0.123 e. The summed E-state index contributed by atoms with van der Waals surface area (Å²) in [4.78, 5) is 0. The first kappa shape index (κ1) is 13.8. The molecule has 1 N–H and O–H groups in total. The van der Waals surface area contributed by atoms with E-state index in [1.807, 2.05) is 25.1 Å². The van der Waals surface area contributed by atoms with E-state index in [9.17, 15) is 4.39 Å². The lowest BCUT2D eigenvalue weighted by Gasteiger charge is -2.18. The second-order valence-electron chi connectivity index (χ2n) is 4.79. The zero-order valence-electron chi connectivity index (χ0n) is 11.4. The summed E-state index contributed by atoms with van der Waals surface area (Å²) in [5.41, 5.74) is 1.96. The lowest BCUT2D eigenvalue weighted by Crippen LogP contribution is -2.21. The van der Waals surface area contributed by atoms with Crippen LogP contribution in [-0.2, 0) is 6.42 Å². The Labute approximate surface area is 113 Å². The molecule has 3 heteroatoms. The fourth-order valence-corrected chi connectivity index (χ4v) is 2.34.